The number of hydrogen-bond acceptors (Lipinski definition) is 2. The molecule has 1 aromatic heterocycles. The summed E-state index contributed by atoms with van der Waals surface area (Å²) in [5.74, 6) is 0.705. The first-order valence-electron chi connectivity index (χ1n) is 7.29. The summed E-state index contributed by atoms with van der Waals surface area (Å²) in [4.78, 5) is 0. The van der Waals surface area contributed by atoms with Crippen molar-refractivity contribution in [2.24, 2.45) is 0 Å². The van der Waals surface area contributed by atoms with Gasteiger partial charge >= 0.3 is 0 Å². The minimum Gasteiger partial charge on any atom is -0.335 e. The van der Waals surface area contributed by atoms with E-state index in [4.69, 9.17) is 0 Å². The highest BCUT2D eigenvalue weighted by atomic mass is 32.1. The van der Waals surface area contributed by atoms with Crippen molar-refractivity contribution in [3.8, 4) is 0 Å². The number of fused-ring (bicyclic) bond motifs is 2. The molecule has 0 amide bonds. The molecule has 2 nitrogen and oxygen atoms in total. The maximum atomic E-state index is 4.62. The number of piperidine rings is 1. The summed E-state index contributed by atoms with van der Waals surface area (Å²) in [6.07, 6.45) is 6.12. The van der Waals surface area contributed by atoms with E-state index in [1.54, 1.807) is 5.56 Å². The van der Waals surface area contributed by atoms with Gasteiger partial charge in [-0.25, -0.2) is 0 Å². The van der Waals surface area contributed by atoms with E-state index in [-0.39, 0.29) is 5.37 Å². The number of benzene rings is 1. The van der Waals surface area contributed by atoms with Gasteiger partial charge in [-0.2, -0.15) is 12.6 Å². The SMILES string of the molecule is CC(S)n1cc2c3c(cccc31)[C@H]1CCCN[C@@H]1C2. The van der Waals surface area contributed by atoms with Gasteiger partial charge in [-0.15, -0.1) is 0 Å². The normalized spacial score (nSPS) is 27.3. The van der Waals surface area contributed by atoms with Gasteiger partial charge in [-0.1, -0.05) is 12.1 Å². The Labute approximate surface area is 119 Å². The fraction of sp³-hybridized carbons (Fsp3) is 0.500. The van der Waals surface area contributed by atoms with Gasteiger partial charge in [0, 0.05) is 29.1 Å². The van der Waals surface area contributed by atoms with Crippen molar-refractivity contribution >= 4 is 23.5 Å². The van der Waals surface area contributed by atoms with E-state index in [0.29, 0.717) is 12.0 Å². The highest BCUT2D eigenvalue weighted by Crippen LogP contribution is 2.42. The smallest absolute Gasteiger partial charge is 0.0736 e. The second-order valence-corrected chi connectivity index (χ2v) is 6.70. The molecule has 1 N–H and O–H groups in total. The first kappa shape index (κ1) is 11.9. The zero-order chi connectivity index (χ0) is 13.0. The van der Waals surface area contributed by atoms with Crippen LogP contribution in [0.5, 0.6) is 0 Å². The average molecular weight is 272 g/mol. The highest BCUT2D eigenvalue weighted by molar-refractivity contribution is 7.80. The number of thiol groups is 1. The van der Waals surface area contributed by atoms with Crippen LogP contribution in [0.2, 0.25) is 0 Å². The molecule has 1 aliphatic carbocycles. The second kappa shape index (κ2) is 4.29. The molecule has 19 heavy (non-hydrogen) atoms. The molecular formula is C16H20N2S. The molecule has 0 spiro atoms. The van der Waals surface area contributed by atoms with Crippen LogP contribution in [0.15, 0.2) is 24.4 Å². The molecule has 4 rings (SSSR count). The Kier molecular flexibility index (Phi) is 2.68. The molecule has 0 radical (unpaired) electrons. The molecule has 3 heteroatoms. The summed E-state index contributed by atoms with van der Waals surface area (Å²) in [5, 5.41) is 5.46. The van der Waals surface area contributed by atoms with Crippen LogP contribution >= 0.6 is 12.6 Å². The first-order valence-corrected chi connectivity index (χ1v) is 7.81. The second-order valence-electron chi connectivity index (χ2n) is 5.95. The third kappa shape index (κ3) is 1.68. The van der Waals surface area contributed by atoms with Crippen molar-refractivity contribution in [1.29, 1.82) is 0 Å². The number of aromatic nitrogens is 1. The predicted molar refractivity (Wildman–Crippen MR) is 83.1 cm³/mol. The summed E-state index contributed by atoms with van der Waals surface area (Å²) >= 11 is 4.62. The van der Waals surface area contributed by atoms with Gasteiger partial charge in [-0.3, -0.25) is 0 Å². The molecule has 0 bridgehead atoms. The van der Waals surface area contributed by atoms with Crippen LogP contribution in [0.3, 0.4) is 0 Å². The zero-order valence-electron chi connectivity index (χ0n) is 11.3. The van der Waals surface area contributed by atoms with E-state index < -0.39 is 0 Å². The summed E-state index contributed by atoms with van der Waals surface area (Å²) in [6, 6.07) is 7.43. The van der Waals surface area contributed by atoms with Crippen molar-refractivity contribution in [2.75, 3.05) is 6.54 Å². The standard InChI is InChI=1S/C16H20N2S/c1-10(19)18-9-11-8-14-12(5-3-7-17-14)13-4-2-6-15(18)16(11)13/h2,4,6,9-10,12,14,17,19H,3,5,7-8H2,1H3/t10?,12-,14-/m1/s1. The Morgan fingerprint density at radius 3 is 3.16 bits per heavy atom. The van der Waals surface area contributed by atoms with Crippen LogP contribution < -0.4 is 5.32 Å². The van der Waals surface area contributed by atoms with E-state index in [2.05, 4.69) is 53.8 Å². The molecule has 2 aliphatic rings. The van der Waals surface area contributed by atoms with Gasteiger partial charge in [0.15, 0.2) is 0 Å². The van der Waals surface area contributed by atoms with Gasteiger partial charge in [-0.05, 0) is 49.9 Å². The van der Waals surface area contributed by atoms with Gasteiger partial charge in [0.2, 0.25) is 0 Å². The Balaban J connectivity index is 1.96. The van der Waals surface area contributed by atoms with E-state index in [1.807, 2.05) is 0 Å². The largest absolute Gasteiger partial charge is 0.335 e. The number of nitrogens with zero attached hydrogens (tertiary/aromatic N) is 1. The van der Waals surface area contributed by atoms with Crippen molar-refractivity contribution < 1.29 is 0 Å². The highest BCUT2D eigenvalue weighted by Gasteiger charge is 2.33. The topological polar surface area (TPSA) is 17.0 Å². The fourth-order valence-electron chi connectivity index (χ4n) is 3.97. The van der Waals surface area contributed by atoms with Crippen molar-refractivity contribution in [3.63, 3.8) is 0 Å². The molecule has 2 heterocycles. The minimum atomic E-state index is 0.236. The third-order valence-corrected chi connectivity index (χ3v) is 5.04. The number of nitrogens with one attached hydrogen (secondary N) is 1. The van der Waals surface area contributed by atoms with Crippen molar-refractivity contribution in [2.45, 2.75) is 43.5 Å². The molecule has 1 aromatic carbocycles. The van der Waals surface area contributed by atoms with Crippen molar-refractivity contribution in [3.05, 3.63) is 35.5 Å². The fourth-order valence-corrected chi connectivity index (χ4v) is 4.16. The summed E-state index contributed by atoms with van der Waals surface area (Å²) in [5.41, 5.74) is 4.42. The van der Waals surface area contributed by atoms with E-state index in [9.17, 15) is 0 Å². The summed E-state index contributed by atoms with van der Waals surface area (Å²) in [7, 11) is 0. The maximum absolute atomic E-state index is 4.62. The lowest BCUT2D eigenvalue weighted by Crippen LogP contribution is -2.43. The molecule has 100 valence electrons. The Morgan fingerprint density at radius 1 is 1.42 bits per heavy atom. The maximum Gasteiger partial charge on any atom is 0.0736 e. The lowest BCUT2D eigenvalue weighted by molar-refractivity contribution is 0.345. The van der Waals surface area contributed by atoms with Crippen molar-refractivity contribution in [1.82, 2.24) is 9.88 Å². The Morgan fingerprint density at radius 2 is 2.32 bits per heavy atom. The lowest BCUT2D eigenvalue weighted by atomic mass is 9.76. The molecular weight excluding hydrogens is 252 g/mol. The first-order chi connectivity index (χ1) is 9.25. The predicted octanol–water partition coefficient (Wildman–Crippen LogP) is 3.48. The lowest BCUT2D eigenvalue weighted by Gasteiger charge is -2.36. The number of rotatable bonds is 1. The molecule has 1 fully saturated rings. The van der Waals surface area contributed by atoms with Crippen LogP contribution in [-0.2, 0) is 6.42 Å². The molecule has 3 atom stereocenters. The monoisotopic (exact) mass is 272 g/mol. The van der Waals surface area contributed by atoms with Gasteiger partial charge in [0.05, 0.1) is 5.37 Å². The van der Waals surface area contributed by atoms with Crippen LogP contribution in [0.1, 0.15) is 42.2 Å². The summed E-state index contributed by atoms with van der Waals surface area (Å²) < 4.78 is 2.31. The zero-order valence-corrected chi connectivity index (χ0v) is 12.2. The third-order valence-electron chi connectivity index (χ3n) is 4.79. The molecule has 0 saturated carbocycles. The average Bonchev–Trinajstić information content (AvgIpc) is 2.80. The molecule has 1 aliphatic heterocycles. The van der Waals surface area contributed by atoms with Gasteiger partial charge < -0.3 is 9.88 Å². The molecule has 1 saturated heterocycles. The van der Waals surface area contributed by atoms with E-state index >= 15 is 0 Å². The van der Waals surface area contributed by atoms with Crippen LogP contribution in [-0.4, -0.2) is 17.2 Å². The van der Waals surface area contributed by atoms with E-state index in [0.717, 1.165) is 0 Å². The molecule has 2 aromatic rings. The number of hydrogen-bond donors (Lipinski definition) is 2. The van der Waals surface area contributed by atoms with Crippen LogP contribution in [0.4, 0.5) is 0 Å². The molecule has 1 unspecified atom stereocenters. The van der Waals surface area contributed by atoms with Crippen LogP contribution in [0.25, 0.3) is 10.9 Å². The quantitative estimate of drug-likeness (QED) is 0.760. The Bertz CT molecular complexity index is 629. The summed E-state index contributed by atoms with van der Waals surface area (Å²) in [6.45, 7) is 3.32. The van der Waals surface area contributed by atoms with Crippen LogP contribution in [0, 0.1) is 0 Å². The Hall–Kier alpha value is -0.930. The van der Waals surface area contributed by atoms with Gasteiger partial charge in [0.1, 0.15) is 0 Å². The van der Waals surface area contributed by atoms with Gasteiger partial charge in [0.25, 0.3) is 0 Å². The minimum absolute atomic E-state index is 0.236. The van der Waals surface area contributed by atoms with E-state index in [1.165, 1.54) is 42.3 Å².